The molecule has 0 radical (unpaired) electrons. The number of halogens is 1. The van der Waals surface area contributed by atoms with Gasteiger partial charge in [-0.1, -0.05) is 36.7 Å². The third-order valence-corrected chi connectivity index (χ3v) is 7.06. The van der Waals surface area contributed by atoms with E-state index in [0.29, 0.717) is 17.0 Å². The van der Waals surface area contributed by atoms with Crippen molar-refractivity contribution in [1.29, 1.82) is 5.26 Å². The first-order valence-corrected chi connectivity index (χ1v) is 11.1. The summed E-state index contributed by atoms with van der Waals surface area (Å²) in [5.74, 6) is 0.319. The largest absolute Gasteiger partial charge is 0.323 e. The third kappa shape index (κ3) is 4.62. The molecule has 0 aliphatic heterocycles. The van der Waals surface area contributed by atoms with Gasteiger partial charge >= 0.3 is 0 Å². The van der Waals surface area contributed by atoms with Crippen molar-refractivity contribution in [2.24, 2.45) is 11.3 Å². The van der Waals surface area contributed by atoms with E-state index >= 15 is 0 Å². The van der Waals surface area contributed by atoms with Crippen LogP contribution < -0.4 is 10.6 Å². The molecular weight excluding hydrogens is 454 g/mol. The first kappa shape index (κ1) is 21.0. The quantitative estimate of drug-likeness (QED) is 0.549. The second kappa shape index (κ2) is 8.32. The van der Waals surface area contributed by atoms with Crippen molar-refractivity contribution in [2.45, 2.75) is 40.0 Å². The molecule has 1 heterocycles. The molecule has 1 aromatic carbocycles. The molecule has 4 nitrogen and oxygen atoms in total. The molecule has 0 unspecified atom stereocenters. The SMILES string of the molecule is CC(C)(C)[C@H]1CCc2c(sc(NC(=S)NC(=O)c3ccc(Br)cc3)c2C#N)C1. The highest BCUT2D eigenvalue weighted by molar-refractivity contribution is 9.10. The number of benzene rings is 1. The Kier molecular flexibility index (Phi) is 6.23. The van der Waals surface area contributed by atoms with Crippen LogP contribution in [0.1, 0.15) is 53.6 Å². The monoisotopic (exact) mass is 475 g/mol. The molecule has 146 valence electrons. The number of hydrogen-bond acceptors (Lipinski definition) is 4. The van der Waals surface area contributed by atoms with E-state index in [1.54, 1.807) is 35.6 Å². The number of anilines is 1. The predicted octanol–water partition coefficient (Wildman–Crippen LogP) is 5.66. The fourth-order valence-electron chi connectivity index (χ4n) is 3.44. The summed E-state index contributed by atoms with van der Waals surface area (Å²) in [6.45, 7) is 6.81. The number of fused-ring (bicyclic) bond motifs is 1. The molecule has 1 atom stereocenters. The Labute approximate surface area is 183 Å². The van der Waals surface area contributed by atoms with Crippen LogP contribution in [0.15, 0.2) is 28.7 Å². The van der Waals surface area contributed by atoms with Crippen molar-refractivity contribution in [3.8, 4) is 6.07 Å². The van der Waals surface area contributed by atoms with E-state index in [2.05, 4.69) is 53.4 Å². The number of nitrogens with zero attached hydrogens (tertiary/aromatic N) is 1. The summed E-state index contributed by atoms with van der Waals surface area (Å²) < 4.78 is 0.904. The zero-order valence-electron chi connectivity index (χ0n) is 16.1. The maximum atomic E-state index is 12.3. The number of nitrogens with one attached hydrogen (secondary N) is 2. The van der Waals surface area contributed by atoms with Crippen LogP contribution in [-0.4, -0.2) is 11.0 Å². The number of carbonyl (C=O) groups excluding carboxylic acids is 1. The van der Waals surface area contributed by atoms with Crippen LogP contribution in [0.2, 0.25) is 0 Å². The van der Waals surface area contributed by atoms with Crippen molar-refractivity contribution >= 4 is 55.5 Å². The maximum Gasteiger partial charge on any atom is 0.257 e. The van der Waals surface area contributed by atoms with Gasteiger partial charge in [-0.2, -0.15) is 5.26 Å². The van der Waals surface area contributed by atoms with Crippen molar-refractivity contribution in [3.63, 3.8) is 0 Å². The van der Waals surface area contributed by atoms with E-state index in [-0.39, 0.29) is 16.4 Å². The molecule has 1 aliphatic carbocycles. The highest BCUT2D eigenvalue weighted by Gasteiger charge is 2.32. The van der Waals surface area contributed by atoms with Crippen LogP contribution in [0.5, 0.6) is 0 Å². The van der Waals surface area contributed by atoms with Crippen molar-refractivity contribution in [3.05, 3.63) is 50.3 Å². The molecule has 3 rings (SSSR count). The number of rotatable bonds is 2. The van der Waals surface area contributed by atoms with Crippen LogP contribution in [-0.2, 0) is 12.8 Å². The minimum Gasteiger partial charge on any atom is -0.323 e. The summed E-state index contributed by atoms with van der Waals surface area (Å²) in [6.07, 6.45) is 2.99. The standard InChI is InChI=1S/C21H22BrN3OS2/c1-21(2,3)13-6-9-15-16(11-23)19(28-17(15)10-13)25-20(27)24-18(26)12-4-7-14(22)8-5-12/h4-5,7-8,13H,6,9-10H2,1-3H3,(H2,24,25,26,27)/t13-/m0/s1. The Morgan fingerprint density at radius 2 is 2.00 bits per heavy atom. The Morgan fingerprint density at radius 1 is 1.32 bits per heavy atom. The summed E-state index contributed by atoms with van der Waals surface area (Å²) in [5.41, 5.74) is 2.56. The number of thiocarbonyl (C=S) groups is 1. The summed E-state index contributed by atoms with van der Waals surface area (Å²) in [5, 5.41) is 16.4. The molecular formula is C21H22BrN3OS2. The van der Waals surface area contributed by atoms with Crippen LogP contribution >= 0.6 is 39.5 Å². The van der Waals surface area contributed by atoms with Gasteiger partial charge in [0.15, 0.2) is 5.11 Å². The van der Waals surface area contributed by atoms with Gasteiger partial charge in [0.2, 0.25) is 0 Å². The molecule has 0 bridgehead atoms. The van der Waals surface area contributed by atoms with E-state index in [1.807, 2.05) is 0 Å². The molecule has 0 spiro atoms. The number of carbonyl (C=O) groups is 1. The smallest absolute Gasteiger partial charge is 0.257 e. The van der Waals surface area contributed by atoms with Crippen molar-refractivity contribution in [2.75, 3.05) is 5.32 Å². The first-order chi connectivity index (χ1) is 13.2. The minimum atomic E-state index is -0.280. The summed E-state index contributed by atoms with van der Waals surface area (Å²) >= 11 is 10.2. The lowest BCUT2D eigenvalue weighted by Gasteiger charge is -2.33. The van der Waals surface area contributed by atoms with E-state index in [4.69, 9.17) is 12.2 Å². The Balaban J connectivity index is 1.73. The molecule has 28 heavy (non-hydrogen) atoms. The van der Waals surface area contributed by atoms with Gasteiger partial charge in [0.05, 0.1) is 5.56 Å². The van der Waals surface area contributed by atoms with Gasteiger partial charge in [0.25, 0.3) is 5.91 Å². The fourth-order valence-corrected chi connectivity index (χ4v) is 5.25. The second-order valence-electron chi connectivity index (χ2n) is 8.04. The predicted molar refractivity (Wildman–Crippen MR) is 122 cm³/mol. The summed E-state index contributed by atoms with van der Waals surface area (Å²) in [4.78, 5) is 13.6. The van der Waals surface area contributed by atoms with Crippen LogP contribution in [0.25, 0.3) is 0 Å². The molecule has 7 heteroatoms. The lowest BCUT2D eigenvalue weighted by molar-refractivity contribution is 0.0977. The minimum absolute atomic E-state index is 0.204. The normalized spacial score (nSPS) is 16.0. The second-order valence-corrected chi connectivity index (χ2v) is 10.5. The van der Waals surface area contributed by atoms with Gasteiger partial charge in [-0.25, -0.2) is 0 Å². The summed E-state index contributed by atoms with van der Waals surface area (Å²) in [7, 11) is 0. The van der Waals surface area contributed by atoms with Gasteiger partial charge in [0, 0.05) is 14.9 Å². The van der Waals surface area contributed by atoms with Crippen LogP contribution in [0.3, 0.4) is 0 Å². The Hall–Kier alpha value is -1.75. The number of thiophene rings is 1. The highest BCUT2D eigenvalue weighted by atomic mass is 79.9. The van der Waals surface area contributed by atoms with Gasteiger partial charge in [-0.15, -0.1) is 11.3 Å². The zero-order chi connectivity index (χ0) is 20.5. The van der Waals surface area contributed by atoms with E-state index < -0.39 is 0 Å². The van der Waals surface area contributed by atoms with E-state index in [0.717, 1.165) is 34.3 Å². The van der Waals surface area contributed by atoms with Gasteiger partial charge < -0.3 is 5.32 Å². The van der Waals surface area contributed by atoms with Gasteiger partial charge in [-0.3, -0.25) is 10.1 Å². The molecule has 1 amide bonds. The van der Waals surface area contributed by atoms with Crippen molar-refractivity contribution < 1.29 is 4.79 Å². The number of amides is 1. The Morgan fingerprint density at radius 3 is 2.61 bits per heavy atom. The average Bonchev–Trinajstić information content (AvgIpc) is 2.97. The first-order valence-electron chi connectivity index (χ1n) is 9.11. The molecule has 1 aromatic heterocycles. The molecule has 0 fully saturated rings. The lowest BCUT2D eigenvalue weighted by atomic mass is 9.72. The third-order valence-electron chi connectivity index (χ3n) is 5.16. The summed E-state index contributed by atoms with van der Waals surface area (Å²) in [6, 6.07) is 9.37. The lowest BCUT2D eigenvalue weighted by Crippen LogP contribution is -2.34. The molecule has 0 saturated carbocycles. The molecule has 2 N–H and O–H groups in total. The number of hydrogen-bond donors (Lipinski definition) is 2. The fraction of sp³-hybridized carbons (Fsp3) is 0.381. The molecule has 2 aromatic rings. The van der Waals surface area contributed by atoms with Crippen LogP contribution in [0, 0.1) is 22.7 Å². The molecule has 0 saturated heterocycles. The maximum absolute atomic E-state index is 12.3. The molecule has 1 aliphatic rings. The Bertz CT molecular complexity index is 952. The number of nitriles is 1. The van der Waals surface area contributed by atoms with Crippen molar-refractivity contribution in [1.82, 2.24) is 5.32 Å². The van der Waals surface area contributed by atoms with Gasteiger partial charge in [-0.05, 0) is 72.6 Å². The highest BCUT2D eigenvalue weighted by Crippen LogP contribution is 2.43. The topological polar surface area (TPSA) is 64.9 Å². The average molecular weight is 476 g/mol. The van der Waals surface area contributed by atoms with E-state index in [9.17, 15) is 10.1 Å². The zero-order valence-corrected chi connectivity index (χ0v) is 19.3. The van der Waals surface area contributed by atoms with E-state index in [1.165, 1.54) is 4.88 Å². The van der Waals surface area contributed by atoms with Crippen LogP contribution in [0.4, 0.5) is 5.00 Å². The van der Waals surface area contributed by atoms with Gasteiger partial charge in [0.1, 0.15) is 11.1 Å².